The third-order valence-corrected chi connectivity index (χ3v) is 0.717. The van der Waals surface area contributed by atoms with E-state index in [2.05, 4.69) is 10.6 Å². The first-order valence-electron chi connectivity index (χ1n) is 2.67. The molecular weight excluding hydrogens is 136 g/mol. The summed E-state index contributed by atoms with van der Waals surface area (Å²) in [5, 5.41) is 19.3. The summed E-state index contributed by atoms with van der Waals surface area (Å²) in [6, 6.07) is 0. The molecule has 0 aromatic heterocycles. The van der Waals surface area contributed by atoms with Crippen LogP contribution in [0.5, 0.6) is 0 Å². The van der Waals surface area contributed by atoms with Crippen LogP contribution in [-0.2, 0) is 0 Å². The van der Waals surface area contributed by atoms with E-state index in [1.165, 1.54) is 0 Å². The van der Waals surface area contributed by atoms with Crippen molar-refractivity contribution in [2.75, 3.05) is 13.1 Å². The number of nitrogens with two attached hydrogens (primary N) is 1. The third kappa shape index (κ3) is 6.54. The molecule has 58 valence electrons. The molecule has 6 N–H and O–H groups in total. The van der Waals surface area contributed by atoms with Crippen LogP contribution in [0.2, 0.25) is 0 Å². The molecule has 0 aliphatic carbocycles. The van der Waals surface area contributed by atoms with Crippen LogP contribution in [0.4, 0.5) is 4.79 Å². The van der Waals surface area contributed by atoms with Crippen molar-refractivity contribution >= 4 is 12.1 Å². The Morgan fingerprint density at radius 3 is 2.40 bits per heavy atom. The maximum atomic E-state index is 9.82. The van der Waals surface area contributed by atoms with Gasteiger partial charge in [0.2, 0.25) is 0 Å². The van der Waals surface area contributed by atoms with Crippen LogP contribution in [-0.4, -0.2) is 30.2 Å². The van der Waals surface area contributed by atoms with Gasteiger partial charge in [-0.1, -0.05) is 0 Å². The number of carboxylic acid groups (broad SMARTS) is 1. The number of rotatable bonds is 3. The number of guanidine groups is 1. The van der Waals surface area contributed by atoms with Crippen molar-refractivity contribution in [1.29, 1.82) is 5.41 Å². The normalized spacial score (nSPS) is 8.40. The maximum absolute atomic E-state index is 9.82. The fourth-order valence-electron chi connectivity index (χ4n) is 0.367. The van der Waals surface area contributed by atoms with Gasteiger partial charge in [-0.3, -0.25) is 5.41 Å². The van der Waals surface area contributed by atoms with Gasteiger partial charge in [0.05, 0.1) is 0 Å². The van der Waals surface area contributed by atoms with Crippen LogP contribution < -0.4 is 16.4 Å². The summed E-state index contributed by atoms with van der Waals surface area (Å²) in [5.41, 5.74) is 4.91. The summed E-state index contributed by atoms with van der Waals surface area (Å²) in [6.45, 7) is 0.580. The number of amides is 1. The molecule has 0 atom stereocenters. The quantitative estimate of drug-likeness (QED) is 0.194. The second-order valence-electron chi connectivity index (χ2n) is 1.57. The number of hydrogen-bond donors (Lipinski definition) is 5. The zero-order valence-corrected chi connectivity index (χ0v) is 5.35. The smallest absolute Gasteiger partial charge is 0.404 e. The number of carbonyl (C=O) groups is 1. The van der Waals surface area contributed by atoms with Crippen LogP contribution in [0.15, 0.2) is 0 Å². The van der Waals surface area contributed by atoms with Gasteiger partial charge < -0.3 is 21.5 Å². The molecule has 0 bridgehead atoms. The molecule has 0 spiro atoms. The molecule has 0 heterocycles. The minimum atomic E-state index is -1.08. The zero-order chi connectivity index (χ0) is 7.98. The predicted octanol–water partition coefficient (Wildman–Crippen LogP) is -1.26. The van der Waals surface area contributed by atoms with Crippen molar-refractivity contribution in [2.24, 2.45) is 5.73 Å². The van der Waals surface area contributed by atoms with E-state index in [1.807, 2.05) is 0 Å². The Morgan fingerprint density at radius 2 is 2.00 bits per heavy atom. The molecule has 0 saturated carbocycles. The number of hydrogen-bond acceptors (Lipinski definition) is 2. The summed E-state index contributed by atoms with van der Waals surface area (Å²) < 4.78 is 0. The standard InChI is InChI=1S/C4H10N4O2/c5-3(6)7-1-2-8-4(9)10/h8H,1-2H2,(H,9,10)(H4,5,6,7). The minimum Gasteiger partial charge on any atom is -0.465 e. The summed E-state index contributed by atoms with van der Waals surface area (Å²) in [4.78, 5) is 9.82. The van der Waals surface area contributed by atoms with E-state index in [4.69, 9.17) is 16.2 Å². The topological polar surface area (TPSA) is 111 Å². The van der Waals surface area contributed by atoms with Crippen LogP contribution in [0.25, 0.3) is 0 Å². The van der Waals surface area contributed by atoms with E-state index in [0.29, 0.717) is 6.54 Å². The van der Waals surface area contributed by atoms with E-state index >= 15 is 0 Å². The highest BCUT2D eigenvalue weighted by molar-refractivity contribution is 5.74. The fourth-order valence-corrected chi connectivity index (χ4v) is 0.367. The third-order valence-electron chi connectivity index (χ3n) is 0.717. The van der Waals surface area contributed by atoms with Crippen molar-refractivity contribution in [3.05, 3.63) is 0 Å². The Kier molecular flexibility index (Phi) is 3.78. The molecule has 0 aromatic rings. The van der Waals surface area contributed by atoms with Crippen LogP contribution in [0.1, 0.15) is 0 Å². The van der Waals surface area contributed by atoms with E-state index in [-0.39, 0.29) is 12.5 Å². The van der Waals surface area contributed by atoms with Crippen LogP contribution in [0.3, 0.4) is 0 Å². The van der Waals surface area contributed by atoms with Gasteiger partial charge in [0.25, 0.3) is 0 Å². The van der Waals surface area contributed by atoms with Crippen LogP contribution in [0, 0.1) is 5.41 Å². The molecule has 0 unspecified atom stereocenters. The maximum Gasteiger partial charge on any atom is 0.404 e. The Balaban J connectivity index is 3.06. The van der Waals surface area contributed by atoms with Gasteiger partial charge in [0.1, 0.15) is 0 Å². The van der Waals surface area contributed by atoms with Crippen molar-refractivity contribution in [2.45, 2.75) is 0 Å². The number of nitrogens with one attached hydrogen (secondary N) is 3. The minimum absolute atomic E-state index is 0.160. The molecule has 0 radical (unpaired) electrons. The lowest BCUT2D eigenvalue weighted by atomic mass is 10.6. The first-order chi connectivity index (χ1) is 4.63. The van der Waals surface area contributed by atoms with Gasteiger partial charge >= 0.3 is 6.09 Å². The molecule has 0 aromatic carbocycles. The van der Waals surface area contributed by atoms with Crippen molar-refractivity contribution in [1.82, 2.24) is 10.6 Å². The van der Waals surface area contributed by atoms with Crippen molar-refractivity contribution < 1.29 is 9.90 Å². The molecule has 0 aliphatic heterocycles. The average Bonchev–Trinajstić information content (AvgIpc) is 1.79. The molecule has 0 rings (SSSR count). The lowest BCUT2D eigenvalue weighted by Gasteiger charge is -2.01. The Morgan fingerprint density at radius 1 is 1.50 bits per heavy atom. The molecular formula is C4H10N4O2. The van der Waals surface area contributed by atoms with Gasteiger partial charge in [-0.2, -0.15) is 0 Å². The first-order valence-corrected chi connectivity index (χ1v) is 2.67. The fraction of sp³-hybridized carbons (Fsp3) is 0.500. The Labute approximate surface area is 57.9 Å². The Hall–Kier alpha value is -1.46. The van der Waals surface area contributed by atoms with Gasteiger partial charge in [0.15, 0.2) is 5.96 Å². The van der Waals surface area contributed by atoms with Crippen LogP contribution >= 0.6 is 0 Å². The second kappa shape index (κ2) is 4.42. The summed E-state index contributed by atoms with van der Waals surface area (Å²) in [5.74, 6) is -0.160. The van der Waals surface area contributed by atoms with E-state index in [9.17, 15) is 4.79 Å². The predicted molar refractivity (Wildman–Crippen MR) is 35.9 cm³/mol. The highest BCUT2D eigenvalue weighted by Gasteiger charge is 1.91. The highest BCUT2D eigenvalue weighted by atomic mass is 16.4. The lowest BCUT2D eigenvalue weighted by molar-refractivity contribution is 0.194. The average molecular weight is 146 g/mol. The van der Waals surface area contributed by atoms with E-state index < -0.39 is 6.09 Å². The SMILES string of the molecule is N=C(N)NCCNC(=O)O. The Bertz CT molecular complexity index is 119. The molecule has 6 heteroatoms. The molecule has 0 aliphatic rings. The van der Waals surface area contributed by atoms with E-state index in [0.717, 1.165) is 0 Å². The van der Waals surface area contributed by atoms with Gasteiger partial charge in [-0.25, -0.2) is 4.79 Å². The second-order valence-corrected chi connectivity index (χ2v) is 1.57. The van der Waals surface area contributed by atoms with Crippen molar-refractivity contribution in [3.63, 3.8) is 0 Å². The molecule has 0 fully saturated rings. The van der Waals surface area contributed by atoms with Crippen molar-refractivity contribution in [3.8, 4) is 0 Å². The summed E-state index contributed by atoms with van der Waals surface area (Å²) >= 11 is 0. The van der Waals surface area contributed by atoms with Gasteiger partial charge in [-0.05, 0) is 0 Å². The van der Waals surface area contributed by atoms with E-state index in [1.54, 1.807) is 0 Å². The van der Waals surface area contributed by atoms with Gasteiger partial charge in [-0.15, -0.1) is 0 Å². The van der Waals surface area contributed by atoms with Gasteiger partial charge in [0, 0.05) is 13.1 Å². The first kappa shape index (κ1) is 8.54. The zero-order valence-electron chi connectivity index (χ0n) is 5.35. The lowest BCUT2D eigenvalue weighted by Crippen LogP contribution is -2.37. The summed E-state index contributed by atoms with van der Waals surface area (Å²) in [6.07, 6.45) is -1.08. The molecule has 1 amide bonds. The molecule has 10 heavy (non-hydrogen) atoms. The largest absolute Gasteiger partial charge is 0.465 e. The molecule has 6 nitrogen and oxygen atoms in total. The highest BCUT2D eigenvalue weighted by Crippen LogP contribution is 1.59. The molecule has 0 saturated heterocycles. The summed E-state index contributed by atoms with van der Waals surface area (Å²) in [7, 11) is 0. The monoisotopic (exact) mass is 146 g/mol.